The van der Waals surface area contributed by atoms with Crippen molar-refractivity contribution in [1.82, 2.24) is 15.1 Å². The molecule has 0 atom stereocenters. The second-order valence-corrected chi connectivity index (χ2v) is 7.39. The molecule has 3 aliphatic carbocycles. The average Bonchev–Trinajstić information content (AvgIpc) is 2.92. The van der Waals surface area contributed by atoms with E-state index in [1.165, 1.54) is 6.42 Å². The van der Waals surface area contributed by atoms with Crippen LogP contribution in [-0.4, -0.2) is 21.7 Å². The molecular weight excluding hydrogens is 290 g/mol. The molecule has 5 nitrogen and oxygen atoms in total. The largest absolute Gasteiger partial charge is 0.353 e. The summed E-state index contributed by atoms with van der Waals surface area (Å²) in [4.78, 5) is 24.4. The quantitative estimate of drug-likeness (QED) is 0.929. The Hall–Kier alpha value is -1.65. The van der Waals surface area contributed by atoms with Gasteiger partial charge in [-0.2, -0.15) is 5.10 Å². The zero-order valence-corrected chi connectivity index (χ0v) is 13.6. The minimum Gasteiger partial charge on any atom is -0.353 e. The Labute approximate surface area is 136 Å². The lowest BCUT2D eigenvalue weighted by atomic mass is 9.84. The number of hydrogen-bond donors (Lipinski definition) is 1. The smallest absolute Gasteiger partial charge is 0.267 e. The number of nitrogens with zero attached hydrogens (tertiary/aromatic N) is 2. The molecular formula is C18H25N3O2. The van der Waals surface area contributed by atoms with Crippen molar-refractivity contribution < 1.29 is 4.79 Å². The molecule has 0 radical (unpaired) electrons. The van der Waals surface area contributed by atoms with Crippen LogP contribution in [0.5, 0.6) is 0 Å². The van der Waals surface area contributed by atoms with Crippen molar-refractivity contribution in [1.29, 1.82) is 0 Å². The molecule has 0 aromatic carbocycles. The van der Waals surface area contributed by atoms with Crippen molar-refractivity contribution in [2.45, 2.75) is 76.3 Å². The van der Waals surface area contributed by atoms with Gasteiger partial charge in [0.05, 0.1) is 11.7 Å². The third-order valence-corrected chi connectivity index (χ3v) is 5.85. The zero-order valence-electron chi connectivity index (χ0n) is 13.6. The maximum absolute atomic E-state index is 12.3. The number of aryl methyl sites for hydroxylation is 2. The number of rotatable bonds is 3. The first-order chi connectivity index (χ1) is 11.2. The van der Waals surface area contributed by atoms with Crippen LogP contribution in [0.2, 0.25) is 0 Å². The van der Waals surface area contributed by atoms with Crippen molar-refractivity contribution in [2.24, 2.45) is 5.92 Å². The van der Waals surface area contributed by atoms with Crippen molar-refractivity contribution in [3.63, 3.8) is 0 Å². The van der Waals surface area contributed by atoms with Crippen molar-refractivity contribution in [2.75, 3.05) is 0 Å². The molecule has 23 heavy (non-hydrogen) atoms. The number of aromatic nitrogens is 2. The number of amides is 1. The van der Waals surface area contributed by atoms with E-state index in [-0.39, 0.29) is 29.5 Å². The Morgan fingerprint density at radius 2 is 1.87 bits per heavy atom. The molecule has 1 aromatic rings. The SMILES string of the molecule is O=C(NC1CCC(n2nc3c(cc2=O)CCC3)CC1)C1CCC1. The molecule has 1 aromatic heterocycles. The first-order valence-electron chi connectivity index (χ1n) is 9.12. The first-order valence-corrected chi connectivity index (χ1v) is 9.12. The second-order valence-electron chi connectivity index (χ2n) is 7.39. The van der Waals surface area contributed by atoms with Crippen LogP contribution in [0.15, 0.2) is 10.9 Å². The van der Waals surface area contributed by atoms with Crippen LogP contribution in [0.25, 0.3) is 0 Å². The van der Waals surface area contributed by atoms with E-state index < -0.39 is 0 Å². The monoisotopic (exact) mass is 315 g/mol. The summed E-state index contributed by atoms with van der Waals surface area (Å²) in [7, 11) is 0. The molecule has 0 spiro atoms. The van der Waals surface area contributed by atoms with Crippen LogP contribution in [0.1, 0.15) is 68.7 Å². The van der Waals surface area contributed by atoms with Gasteiger partial charge in [-0.3, -0.25) is 9.59 Å². The van der Waals surface area contributed by atoms with E-state index in [0.29, 0.717) is 0 Å². The summed E-state index contributed by atoms with van der Waals surface area (Å²) >= 11 is 0. The van der Waals surface area contributed by atoms with Gasteiger partial charge in [0.15, 0.2) is 0 Å². The maximum atomic E-state index is 12.3. The van der Waals surface area contributed by atoms with Gasteiger partial charge in [0, 0.05) is 18.0 Å². The molecule has 0 saturated heterocycles. The number of carbonyl (C=O) groups is 1. The third kappa shape index (κ3) is 2.93. The summed E-state index contributed by atoms with van der Waals surface area (Å²) in [5.74, 6) is 0.501. The normalized spacial score (nSPS) is 27.3. The van der Waals surface area contributed by atoms with Crippen LogP contribution < -0.4 is 10.9 Å². The number of nitrogens with one attached hydrogen (secondary N) is 1. The van der Waals surface area contributed by atoms with Gasteiger partial charge in [-0.15, -0.1) is 0 Å². The van der Waals surface area contributed by atoms with E-state index in [2.05, 4.69) is 10.4 Å². The molecule has 2 fully saturated rings. The van der Waals surface area contributed by atoms with Gasteiger partial charge in [-0.05, 0) is 63.4 Å². The lowest BCUT2D eigenvalue weighted by Gasteiger charge is -2.32. The molecule has 1 amide bonds. The lowest BCUT2D eigenvalue weighted by molar-refractivity contribution is -0.128. The van der Waals surface area contributed by atoms with E-state index in [4.69, 9.17) is 0 Å². The van der Waals surface area contributed by atoms with E-state index in [1.807, 2.05) is 0 Å². The summed E-state index contributed by atoms with van der Waals surface area (Å²) in [5.41, 5.74) is 2.31. The fourth-order valence-corrected chi connectivity index (χ4v) is 4.13. The van der Waals surface area contributed by atoms with Gasteiger partial charge in [0.25, 0.3) is 5.56 Å². The van der Waals surface area contributed by atoms with E-state index in [0.717, 1.165) is 69.0 Å². The predicted molar refractivity (Wildman–Crippen MR) is 87.3 cm³/mol. The van der Waals surface area contributed by atoms with Crippen LogP contribution in [0, 0.1) is 5.92 Å². The Kier molecular flexibility index (Phi) is 3.95. The summed E-state index contributed by atoms with van der Waals surface area (Å²) in [5, 5.41) is 7.83. The van der Waals surface area contributed by atoms with Gasteiger partial charge in [-0.25, -0.2) is 4.68 Å². The highest BCUT2D eigenvalue weighted by Crippen LogP contribution is 2.30. The highest BCUT2D eigenvalue weighted by atomic mass is 16.2. The molecule has 0 unspecified atom stereocenters. The van der Waals surface area contributed by atoms with Gasteiger partial charge in [0.2, 0.25) is 5.91 Å². The van der Waals surface area contributed by atoms with E-state index >= 15 is 0 Å². The topological polar surface area (TPSA) is 64.0 Å². The standard InChI is InChI=1S/C18H25N3O2/c22-17-11-13-5-2-6-16(13)20-21(17)15-9-7-14(8-10-15)19-18(23)12-3-1-4-12/h11-12,14-15H,1-10H2,(H,19,23). The summed E-state index contributed by atoms with van der Waals surface area (Å²) in [6.45, 7) is 0. The molecule has 1 heterocycles. The number of fused-ring (bicyclic) bond motifs is 1. The average molecular weight is 315 g/mol. The van der Waals surface area contributed by atoms with Crippen molar-refractivity contribution >= 4 is 5.91 Å². The lowest BCUT2D eigenvalue weighted by Crippen LogP contribution is -2.43. The van der Waals surface area contributed by atoms with Crippen LogP contribution in [-0.2, 0) is 17.6 Å². The predicted octanol–water partition coefficient (Wildman–Crippen LogP) is 2.13. The Morgan fingerprint density at radius 3 is 2.57 bits per heavy atom. The van der Waals surface area contributed by atoms with Crippen LogP contribution in [0.3, 0.4) is 0 Å². The molecule has 1 N–H and O–H groups in total. The van der Waals surface area contributed by atoms with Gasteiger partial charge >= 0.3 is 0 Å². The number of carbonyl (C=O) groups excluding carboxylic acids is 1. The highest BCUT2D eigenvalue weighted by Gasteiger charge is 2.30. The van der Waals surface area contributed by atoms with Crippen LogP contribution in [0.4, 0.5) is 0 Å². The summed E-state index contributed by atoms with van der Waals surface area (Å²) in [6.07, 6.45) is 10.2. The summed E-state index contributed by atoms with van der Waals surface area (Å²) < 4.78 is 1.72. The summed E-state index contributed by atoms with van der Waals surface area (Å²) in [6, 6.07) is 2.27. The molecule has 0 bridgehead atoms. The molecule has 0 aliphatic heterocycles. The molecule has 124 valence electrons. The van der Waals surface area contributed by atoms with Gasteiger partial charge in [0.1, 0.15) is 0 Å². The molecule has 3 aliphatic rings. The zero-order chi connectivity index (χ0) is 15.8. The Balaban J connectivity index is 1.38. The fourth-order valence-electron chi connectivity index (χ4n) is 4.13. The Bertz CT molecular complexity index is 655. The van der Waals surface area contributed by atoms with Crippen molar-refractivity contribution in [3.05, 3.63) is 27.7 Å². The highest BCUT2D eigenvalue weighted by molar-refractivity contribution is 5.79. The minimum absolute atomic E-state index is 0.0487. The maximum Gasteiger partial charge on any atom is 0.267 e. The van der Waals surface area contributed by atoms with Crippen molar-refractivity contribution in [3.8, 4) is 0 Å². The van der Waals surface area contributed by atoms with E-state index in [1.54, 1.807) is 10.7 Å². The molecule has 4 rings (SSSR count). The fraction of sp³-hybridized carbons (Fsp3) is 0.722. The van der Waals surface area contributed by atoms with Crippen LogP contribution >= 0.6 is 0 Å². The van der Waals surface area contributed by atoms with Gasteiger partial charge in [-0.1, -0.05) is 6.42 Å². The Morgan fingerprint density at radius 1 is 1.09 bits per heavy atom. The number of hydrogen-bond acceptors (Lipinski definition) is 3. The first kappa shape index (κ1) is 14.9. The second kappa shape index (κ2) is 6.10. The molecule has 5 heteroatoms. The van der Waals surface area contributed by atoms with Gasteiger partial charge < -0.3 is 5.32 Å². The minimum atomic E-state index is 0.0487. The molecule has 2 saturated carbocycles. The van der Waals surface area contributed by atoms with E-state index in [9.17, 15) is 9.59 Å². The third-order valence-electron chi connectivity index (χ3n) is 5.85.